The van der Waals surface area contributed by atoms with Crippen LogP contribution in [0.5, 0.6) is 0 Å². The van der Waals surface area contributed by atoms with E-state index < -0.39 is 23.3 Å². The monoisotopic (exact) mass is 461 g/mol. The third kappa shape index (κ3) is 5.40. The van der Waals surface area contributed by atoms with Gasteiger partial charge >= 0.3 is 6.09 Å². The Balaban J connectivity index is 1.45. The zero-order chi connectivity index (χ0) is 24.0. The number of hydrogen-bond donors (Lipinski definition) is 1. The molecule has 7 nitrogen and oxygen atoms in total. The number of ether oxygens (including phenoxy) is 2. The van der Waals surface area contributed by atoms with Gasteiger partial charge in [-0.15, -0.1) is 0 Å². The van der Waals surface area contributed by atoms with Gasteiger partial charge in [-0.05, 0) is 55.7 Å². The minimum Gasteiger partial charge on any atom is -0.433 e. The molecule has 2 aliphatic rings. The van der Waals surface area contributed by atoms with Crippen molar-refractivity contribution < 1.29 is 19.1 Å². The highest BCUT2D eigenvalue weighted by atomic mass is 16.6. The summed E-state index contributed by atoms with van der Waals surface area (Å²) in [4.78, 5) is 28.3. The van der Waals surface area contributed by atoms with Crippen LogP contribution < -0.4 is 5.32 Å². The summed E-state index contributed by atoms with van der Waals surface area (Å²) < 4.78 is 11.7. The van der Waals surface area contributed by atoms with E-state index >= 15 is 0 Å². The van der Waals surface area contributed by atoms with Gasteiger partial charge in [-0.3, -0.25) is 4.79 Å². The number of nitrogens with one attached hydrogen (secondary N) is 1. The topological polar surface area (TPSA) is 91.7 Å². The molecule has 0 saturated heterocycles. The van der Waals surface area contributed by atoms with Crippen molar-refractivity contribution in [1.82, 2.24) is 10.2 Å². The molecule has 0 spiro atoms. The van der Waals surface area contributed by atoms with E-state index in [1.165, 1.54) is 12.5 Å². The van der Waals surface area contributed by atoms with E-state index in [1.54, 1.807) is 4.90 Å². The van der Waals surface area contributed by atoms with Gasteiger partial charge in [-0.25, -0.2) is 4.79 Å². The zero-order valence-corrected chi connectivity index (χ0v) is 19.6. The first-order valence-electron chi connectivity index (χ1n) is 11.9. The van der Waals surface area contributed by atoms with E-state index in [2.05, 4.69) is 17.5 Å². The molecule has 178 valence electrons. The van der Waals surface area contributed by atoms with Gasteiger partial charge in [0.05, 0.1) is 6.61 Å². The Bertz CT molecular complexity index is 1060. The number of rotatable bonds is 6. The minimum absolute atomic E-state index is 0.172. The fourth-order valence-corrected chi connectivity index (χ4v) is 4.61. The molecule has 1 fully saturated rings. The third-order valence-electron chi connectivity index (χ3n) is 6.68. The highest BCUT2D eigenvalue weighted by molar-refractivity contribution is 5.88. The lowest BCUT2D eigenvalue weighted by atomic mass is 9.83. The smallest absolute Gasteiger partial charge is 0.411 e. The van der Waals surface area contributed by atoms with Gasteiger partial charge in [-0.2, -0.15) is 5.26 Å². The predicted octanol–water partition coefficient (Wildman–Crippen LogP) is 4.46. The molecule has 1 N–H and O–H groups in total. The summed E-state index contributed by atoms with van der Waals surface area (Å²) in [6.07, 6.45) is 3.64. The van der Waals surface area contributed by atoms with Crippen molar-refractivity contribution in [2.24, 2.45) is 0 Å². The number of carbonyl (C=O) groups is 2. The third-order valence-corrected chi connectivity index (χ3v) is 6.68. The summed E-state index contributed by atoms with van der Waals surface area (Å²) in [6.45, 7) is 2.70. The quantitative estimate of drug-likeness (QED) is 0.642. The molecule has 4 rings (SSSR count). The molecule has 1 heterocycles. The number of carbonyl (C=O) groups excluding carboxylic acids is 2. The molecule has 1 unspecified atom stereocenters. The molecule has 0 aromatic heterocycles. The van der Waals surface area contributed by atoms with Crippen LogP contribution in [0, 0.1) is 11.3 Å². The lowest BCUT2D eigenvalue weighted by Gasteiger charge is -2.39. The number of fused-ring (bicyclic) bond motifs is 1. The number of amides is 2. The second kappa shape index (κ2) is 10.3. The standard InChI is InChI=1S/C27H31N3O4/c1-26(20-28,33-19-21-10-4-2-5-11-21)29-24(31)27(15-8-3-9-16-27)34-25(32)30-17-14-22-12-6-7-13-23(22)18-30/h2,4-7,10-13H,3,8-9,14-19H2,1H3,(H,29,31). The Morgan fingerprint density at radius 2 is 1.74 bits per heavy atom. The maximum atomic E-state index is 13.5. The predicted molar refractivity (Wildman–Crippen MR) is 126 cm³/mol. The summed E-state index contributed by atoms with van der Waals surface area (Å²) in [7, 11) is 0. The first-order chi connectivity index (χ1) is 16.4. The van der Waals surface area contributed by atoms with Crippen molar-refractivity contribution in [2.45, 2.75) is 69.9 Å². The molecule has 1 saturated carbocycles. The second-order valence-corrected chi connectivity index (χ2v) is 9.24. The van der Waals surface area contributed by atoms with Gasteiger partial charge in [0.25, 0.3) is 5.91 Å². The average molecular weight is 462 g/mol. The maximum Gasteiger partial charge on any atom is 0.411 e. The highest BCUT2D eigenvalue weighted by Crippen LogP contribution is 2.34. The molecule has 0 radical (unpaired) electrons. The molecule has 0 bridgehead atoms. The van der Waals surface area contributed by atoms with Gasteiger partial charge in [0.2, 0.25) is 5.72 Å². The van der Waals surface area contributed by atoms with E-state index in [0.717, 1.165) is 36.8 Å². The summed E-state index contributed by atoms with van der Waals surface area (Å²) in [5.74, 6) is -0.477. The minimum atomic E-state index is -1.55. The molecule has 1 aliphatic heterocycles. The van der Waals surface area contributed by atoms with Crippen molar-refractivity contribution in [2.75, 3.05) is 6.54 Å². The number of hydrogen-bond acceptors (Lipinski definition) is 5. The van der Waals surface area contributed by atoms with E-state index in [0.29, 0.717) is 25.9 Å². The maximum absolute atomic E-state index is 13.5. The Morgan fingerprint density at radius 1 is 1.06 bits per heavy atom. The zero-order valence-electron chi connectivity index (χ0n) is 19.6. The first-order valence-corrected chi connectivity index (χ1v) is 11.9. The van der Waals surface area contributed by atoms with Crippen LogP contribution in [0.3, 0.4) is 0 Å². The lowest BCUT2D eigenvalue weighted by Crippen LogP contribution is -2.59. The lowest BCUT2D eigenvalue weighted by molar-refractivity contribution is -0.152. The highest BCUT2D eigenvalue weighted by Gasteiger charge is 2.47. The van der Waals surface area contributed by atoms with Crippen LogP contribution in [-0.2, 0) is 33.8 Å². The Labute approximate surface area is 200 Å². The van der Waals surface area contributed by atoms with Gasteiger partial charge in [0, 0.05) is 13.1 Å². The Kier molecular flexibility index (Phi) is 7.18. The molecule has 2 amide bonds. The second-order valence-electron chi connectivity index (χ2n) is 9.24. The number of benzene rings is 2. The summed E-state index contributed by atoms with van der Waals surface area (Å²) in [5.41, 5.74) is 0.368. The molecule has 1 atom stereocenters. The summed E-state index contributed by atoms with van der Waals surface area (Å²) in [6, 6.07) is 19.6. The van der Waals surface area contributed by atoms with E-state index in [9.17, 15) is 14.9 Å². The van der Waals surface area contributed by atoms with Crippen LogP contribution in [0.4, 0.5) is 4.79 Å². The number of nitriles is 1. The fraction of sp³-hybridized carbons (Fsp3) is 0.444. The van der Waals surface area contributed by atoms with Gasteiger partial charge < -0.3 is 19.7 Å². The molecule has 2 aromatic rings. The summed E-state index contributed by atoms with van der Waals surface area (Å²) in [5, 5.41) is 12.5. The van der Waals surface area contributed by atoms with Gasteiger partial charge in [0.1, 0.15) is 6.07 Å². The first kappa shape index (κ1) is 23.8. The van der Waals surface area contributed by atoms with E-state index in [-0.39, 0.29) is 6.61 Å². The normalized spacial score (nSPS) is 18.6. The van der Waals surface area contributed by atoms with Crippen LogP contribution in [0.15, 0.2) is 54.6 Å². The fourth-order valence-electron chi connectivity index (χ4n) is 4.61. The van der Waals surface area contributed by atoms with Crippen LogP contribution in [0.25, 0.3) is 0 Å². The van der Waals surface area contributed by atoms with Crippen molar-refractivity contribution in [3.05, 3.63) is 71.3 Å². The van der Waals surface area contributed by atoms with Crippen molar-refractivity contribution in [1.29, 1.82) is 5.26 Å². The van der Waals surface area contributed by atoms with Gasteiger partial charge in [-0.1, -0.05) is 61.0 Å². The Hall–Kier alpha value is -3.37. The Morgan fingerprint density at radius 3 is 2.44 bits per heavy atom. The average Bonchev–Trinajstić information content (AvgIpc) is 2.88. The van der Waals surface area contributed by atoms with Crippen LogP contribution >= 0.6 is 0 Å². The molecular weight excluding hydrogens is 430 g/mol. The van der Waals surface area contributed by atoms with Crippen molar-refractivity contribution in [3.8, 4) is 6.07 Å². The summed E-state index contributed by atoms with van der Waals surface area (Å²) >= 11 is 0. The molecule has 2 aromatic carbocycles. The van der Waals surface area contributed by atoms with Crippen LogP contribution in [0.2, 0.25) is 0 Å². The van der Waals surface area contributed by atoms with Crippen molar-refractivity contribution >= 4 is 12.0 Å². The largest absolute Gasteiger partial charge is 0.433 e. The molecule has 1 aliphatic carbocycles. The SMILES string of the molecule is CC(C#N)(NC(=O)C1(OC(=O)N2CCc3ccccc3C2)CCCCC1)OCc1ccccc1. The molecule has 7 heteroatoms. The van der Waals surface area contributed by atoms with Gasteiger partial charge in [0.15, 0.2) is 5.60 Å². The van der Waals surface area contributed by atoms with Crippen molar-refractivity contribution in [3.63, 3.8) is 0 Å². The van der Waals surface area contributed by atoms with E-state index in [4.69, 9.17) is 9.47 Å². The van der Waals surface area contributed by atoms with Crippen LogP contribution in [0.1, 0.15) is 55.7 Å². The van der Waals surface area contributed by atoms with Crippen LogP contribution in [-0.4, -0.2) is 34.8 Å². The molecular formula is C27H31N3O4. The number of nitrogens with zero attached hydrogens (tertiary/aromatic N) is 2. The molecule has 34 heavy (non-hydrogen) atoms. The van der Waals surface area contributed by atoms with E-state index in [1.807, 2.05) is 48.5 Å².